The molecule has 0 aliphatic carbocycles. The summed E-state index contributed by atoms with van der Waals surface area (Å²) in [7, 11) is 1.69. The lowest BCUT2D eigenvalue weighted by Gasteiger charge is -2.26. The zero-order valence-electron chi connectivity index (χ0n) is 12.2. The van der Waals surface area contributed by atoms with Gasteiger partial charge in [0.15, 0.2) is 0 Å². The van der Waals surface area contributed by atoms with Crippen LogP contribution in [0.25, 0.3) is 11.4 Å². The van der Waals surface area contributed by atoms with Gasteiger partial charge in [-0.25, -0.2) is 0 Å². The van der Waals surface area contributed by atoms with Gasteiger partial charge in [-0.2, -0.15) is 4.98 Å². The van der Waals surface area contributed by atoms with E-state index < -0.39 is 6.10 Å². The number of carbonyl (C=O) groups is 1. The summed E-state index contributed by atoms with van der Waals surface area (Å²) < 4.78 is 10.6. The second-order valence-corrected chi connectivity index (χ2v) is 5.01. The summed E-state index contributed by atoms with van der Waals surface area (Å²) in [6, 6.07) is 3.59. The SMILES string of the molecule is CN(Cc1nc(-c2ccncc2)no1)C(=O)[C@@H]1CNCCO1. The Balaban J connectivity index is 1.63. The predicted octanol–water partition coefficient (Wildman–Crippen LogP) is 0.0784. The summed E-state index contributed by atoms with van der Waals surface area (Å²) >= 11 is 0. The van der Waals surface area contributed by atoms with Gasteiger partial charge in [-0.15, -0.1) is 0 Å². The van der Waals surface area contributed by atoms with E-state index in [0.29, 0.717) is 24.9 Å². The van der Waals surface area contributed by atoms with E-state index in [-0.39, 0.29) is 12.5 Å². The first kappa shape index (κ1) is 14.6. The Hall–Kier alpha value is -2.32. The number of nitrogens with one attached hydrogen (secondary N) is 1. The summed E-state index contributed by atoms with van der Waals surface area (Å²) in [5, 5.41) is 7.05. The van der Waals surface area contributed by atoms with Crippen LogP contribution in [0.5, 0.6) is 0 Å². The lowest BCUT2D eigenvalue weighted by molar-refractivity contribution is -0.144. The van der Waals surface area contributed by atoms with Gasteiger partial charge in [-0.1, -0.05) is 5.16 Å². The molecular weight excluding hydrogens is 286 g/mol. The number of rotatable bonds is 4. The van der Waals surface area contributed by atoms with E-state index in [1.54, 1.807) is 31.6 Å². The van der Waals surface area contributed by atoms with Crippen LogP contribution in [0.2, 0.25) is 0 Å². The molecule has 3 rings (SSSR count). The first-order chi connectivity index (χ1) is 10.7. The molecule has 8 nitrogen and oxygen atoms in total. The summed E-state index contributed by atoms with van der Waals surface area (Å²) in [5.41, 5.74) is 0.818. The van der Waals surface area contributed by atoms with Gasteiger partial charge >= 0.3 is 0 Å². The molecule has 8 heteroatoms. The van der Waals surface area contributed by atoms with Crippen LogP contribution in [-0.2, 0) is 16.1 Å². The van der Waals surface area contributed by atoms with E-state index in [4.69, 9.17) is 9.26 Å². The number of nitrogens with zero attached hydrogens (tertiary/aromatic N) is 4. The number of likely N-dealkylation sites (N-methyl/N-ethyl adjacent to an activating group) is 1. The smallest absolute Gasteiger partial charge is 0.253 e. The van der Waals surface area contributed by atoms with Crippen molar-refractivity contribution < 1.29 is 14.1 Å². The lowest BCUT2D eigenvalue weighted by Crippen LogP contribution is -2.48. The van der Waals surface area contributed by atoms with Crippen LogP contribution in [0.15, 0.2) is 29.0 Å². The van der Waals surface area contributed by atoms with Gasteiger partial charge in [0.25, 0.3) is 5.91 Å². The van der Waals surface area contributed by atoms with Crippen molar-refractivity contribution in [2.45, 2.75) is 12.6 Å². The van der Waals surface area contributed by atoms with Crippen LogP contribution in [0, 0.1) is 0 Å². The van der Waals surface area contributed by atoms with Crippen LogP contribution in [0.4, 0.5) is 0 Å². The fraction of sp³-hybridized carbons (Fsp3) is 0.429. The number of carbonyl (C=O) groups excluding carboxylic acids is 1. The molecule has 2 aromatic rings. The van der Waals surface area contributed by atoms with Gasteiger partial charge in [0, 0.05) is 38.1 Å². The van der Waals surface area contributed by atoms with Crippen molar-refractivity contribution in [2.24, 2.45) is 0 Å². The van der Waals surface area contributed by atoms with Gasteiger partial charge in [-0.05, 0) is 12.1 Å². The largest absolute Gasteiger partial charge is 0.366 e. The van der Waals surface area contributed by atoms with Crippen LogP contribution in [0.1, 0.15) is 5.89 Å². The van der Waals surface area contributed by atoms with E-state index in [2.05, 4.69) is 20.4 Å². The maximum atomic E-state index is 12.2. The summed E-state index contributed by atoms with van der Waals surface area (Å²) in [6.45, 7) is 2.08. The van der Waals surface area contributed by atoms with E-state index in [1.807, 2.05) is 0 Å². The highest BCUT2D eigenvalue weighted by Crippen LogP contribution is 2.15. The van der Waals surface area contributed by atoms with E-state index in [9.17, 15) is 4.79 Å². The Morgan fingerprint density at radius 2 is 2.27 bits per heavy atom. The molecule has 0 saturated carbocycles. The Morgan fingerprint density at radius 1 is 1.45 bits per heavy atom. The highest BCUT2D eigenvalue weighted by molar-refractivity contribution is 5.81. The molecule has 1 atom stereocenters. The van der Waals surface area contributed by atoms with Crippen LogP contribution in [0.3, 0.4) is 0 Å². The van der Waals surface area contributed by atoms with Crippen LogP contribution >= 0.6 is 0 Å². The van der Waals surface area contributed by atoms with Gasteiger partial charge in [0.1, 0.15) is 6.10 Å². The third-order valence-corrected chi connectivity index (χ3v) is 3.36. The fourth-order valence-corrected chi connectivity index (χ4v) is 2.19. The molecule has 1 N–H and O–H groups in total. The number of amides is 1. The van der Waals surface area contributed by atoms with Crippen molar-refractivity contribution in [1.29, 1.82) is 0 Å². The molecule has 1 aliphatic heterocycles. The molecule has 0 unspecified atom stereocenters. The van der Waals surface area contributed by atoms with Crippen LogP contribution in [-0.4, -0.2) is 58.8 Å². The standard InChI is InChI=1S/C14H17N5O3/c1-19(14(20)11-8-16-6-7-21-11)9-12-17-13(18-22-12)10-2-4-15-5-3-10/h2-5,11,16H,6-9H2,1H3/t11-/m0/s1. The first-order valence-electron chi connectivity index (χ1n) is 7.04. The van der Waals surface area contributed by atoms with E-state index in [0.717, 1.165) is 12.1 Å². The normalized spacial score (nSPS) is 18.1. The van der Waals surface area contributed by atoms with Gasteiger partial charge in [0.05, 0.1) is 13.2 Å². The van der Waals surface area contributed by atoms with Crippen molar-refractivity contribution in [1.82, 2.24) is 25.3 Å². The zero-order valence-corrected chi connectivity index (χ0v) is 12.2. The Kier molecular flexibility index (Phi) is 4.40. The zero-order chi connectivity index (χ0) is 15.4. The number of aromatic nitrogens is 3. The molecule has 0 aromatic carbocycles. The number of morpholine rings is 1. The minimum Gasteiger partial charge on any atom is -0.366 e. The topological polar surface area (TPSA) is 93.4 Å². The molecule has 1 amide bonds. The van der Waals surface area contributed by atoms with Gasteiger partial charge in [-0.3, -0.25) is 9.78 Å². The van der Waals surface area contributed by atoms with Gasteiger partial charge in [0.2, 0.25) is 11.7 Å². The molecular formula is C14H17N5O3. The van der Waals surface area contributed by atoms with E-state index in [1.165, 1.54) is 4.90 Å². The molecule has 2 aromatic heterocycles. The summed E-state index contributed by atoms with van der Waals surface area (Å²) in [4.78, 5) is 22.0. The van der Waals surface area contributed by atoms with Crippen LogP contribution < -0.4 is 5.32 Å². The van der Waals surface area contributed by atoms with Crippen molar-refractivity contribution >= 4 is 5.91 Å². The third-order valence-electron chi connectivity index (χ3n) is 3.36. The number of hydrogen-bond acceptors (Lipinski definition) is 7. The Morgan fingerprint density at radius 3 is 3.00 bits per heavy atom. The average molecular weight is 303 g/mol. The van der Waals surface area contributed by atoms with Crippen molar-refractivity contribution in [3.63, 3.8) is 0 Å². The number of pyridine rings is 1. The monoisotopic (exact) mass is 303 g/mol. The minimum absolute atomic E-state index is 0.101. The molecule has 116 valence electrons. The summed E-state index contributed by atoms with van der Waals surface area (Å²) in [5.74, 6) is 0.760. The van der Waals surface area contributed by atoms with Crippen molar-refractivity contribution in [3.05, 3.63) is 30.4 Å². The quantitative estimate of drug-likeness (QED) is 0.854. The Bertz CT molecular complexity index is 624. The number of hydrogen-bond donors (Lipinski definition) is 1. The van der Waals surface area contributed by atoms with Crippen molar-refractivity contribution in [3.8, 4) is 11.4 Å². The predicted molar refractivity (Wildman–Crippen MR) is 76.6 cm³/mol. The van der Waals surface area contributed by atoms with Gasteiger partial charge < -0.3 is 19.5 Å². The average Bonchev–Trinajstić information content (AvgIpc) is 3.04. The minimum atomic E-state index is -0.457. The van der Waals surface area contributed by atoms with Crippen molar-refractivity contribution in [2.75, 3.05) is 26.7 Å². The molecule has 0 spiro atoms. The molecule has 0 bridgehead atoms. The summed E-state index contributed by atoms with van der Waals surface area (Å²) in [6.07, 6.45) is 2.87. The maximum absolute atomic E-state index is 12.2. The Labute approximate surface area is 127 Å². The molecule has 3 heterocycles. The second kappa shape index (κ2) is 6.63. The highest BCUT2D eigenvalue weighted by atomic mass is 16.5. The van der Waals surface area contributed by atoms with E-state index >= 15 is 0 Å². The molecule has 1 aliphatic rings. The molecule has 0 radical (unpaired) electrons. The second-order valence-electron chi connectivity index (χ2n) is 5.01. The molecule has 1 fully saturated rings. The third kappa shape index (κ3) is 3.29. The maximum Gasteiger partial charge on any atom is 0.253 e. The first-order valence-corrected chi connectivity index (χ1v) is 7.04. The molecule has 22 heavy (non-hydrogen) atoms. The fourth-order valence-electron chi connectivity index (χ4n) is 2.19. The molecule has 1 saturated heterocycles. The number of ether oxygens (including phenoxy) is 1. The highest BCUT2D eigenvalue weighted by Gasteiger charge is 2.26. The lowest BCUT2D eigenvalue weighted by atomic mass is 10.2.